The maximum absolute atomic E-state index is 13.9. The smallest absolute Gasteiger partial charge is 0.150 e. The largest absolute Gasteiger partial charge is 0.366 e. The van der Waals surface area contributed by atoms with Crippen LogP contribution in [0.4, 0.5) is 14.5 Å². The molecule has 0 aromatic heterocycles. The fourth-order valence-electron chi connectivity index (χ4n) is 2.52. The van der Waals surface area contributed by atoms with Crippen LogP contribution in [0.1, 0.15) is 19.8 Å². The number of halogens is 3. The number of benzene rings is 1. The van der Waals surface area contributed by atoms with Crippen LogP contribution in [-0.4, -0.2) is 26.2 Å². The molecule has 106 valence electrons. The zero-order valence-electron chi connectivity index (χ0n) is 11.1. The molecule has 5 heteroatoms. The van der Waals surface area contributed by atoms with Crippen LogP contribution >= 0.6 is 15.9 Å². The molecule has 1 N–H and O–H groups in total. The summed E-state index contributed by atoms with van der Waals surface area (Å²) in [6.07, 6.45) is 2.08. The second-order valence-corrected chi connectivity index (χ2v) is 5.94. The van der Waals surface area contributed by atoms with Crippen LogP contribution in [0.3, 0.4) is 0 Å². The Morgan fingerprint density at radius 1 is 1.37 bits per heavy atom. The Kier molecular flexibility index (Phi) is 5.16. The Morgan fingerprint density at radius 2 is 2.05 bits per heavy atom. The molecule has 0 amide bonds. The van der Waals surface area contributed by atoms with Crippen molar-refractivity contribution in [1.82, 2.24) is 5.32 Å². The maximum atomic E-state index is 13.9. The van der Waals surface area contributed by atoms with Gasteiger partial charge in [0.25, 0.3) is 0 Å². The lowest BCUT2D eigenvalue weighted by Gasteiger charge is -2.20. The minimum atomic E-state index is -0.492. The molecule has 19 heavy (non-hydrogen) atoms. The summed E-state index contributed by atoms with van der Waals surface area (Å²) in [5.74, 6) is -0.517. The highest BCUT2D eigenvalue weighted by Crippen LogP contribution is 2.31. The zero-order chi connectivity index (χ0) is 13.8. The second kappa shape index (κ2) is 6.66. The fraction of sp³-hybridized carbons (Fsp3) is 0.571. The van der Waals surface area contributed by atoms with Gasteiger partial charge in [0.05, 0.1) is 0 Å². The van der Waals surface area contributed by atoms with E-state index in [9.17, 15) is 8.78 Å². The van der Waals surface area contributed by atoms with Crippen LogP contribution in [0.2, 0.25) is 0 Å². The first-order valence-electron chi connectivity index (χ1n) is 6.72. The van der Waals surface area contributed by atoms with E-state index in [2.05, 4.69) is 28.2 Å². The molecule has 1 unspecified atom stereocenters. The first-order valence-corrected chi connectivity index (χ1v) is 7.51. The van der Waals surface area contributed by atoms with Crippen LogP contribution in [0.25, 0.3) is 0 Å². The normalized spacial score (nSPS) is 19.2. The van der Waals surface area contributed by atoms with Crippen molar-refractivity contribution in [2.24, 2.45) is 5.92 Å². The van der Waals surface area contributed by atoms with Crippen molar-refractivity contribution in [3.8, 4) is 0 Å². The van der Waals surface area contributed by atoms with E-state index in [-0.39, 0.29) is 5.69 Å². The molecule has 1 aliphatic heterocycles. The third kappa shape index (κ3) is 3.66. The minimum Gasteiger partial charge on any atom is -0.366 e. The SMILES string of the molecule is CCCNCC1CCN(c2c(F)cc(Br)cc2F)C1. The van der Waals surface area contributed by atoms with E-state index >= 15 is 0 Å². The molecule has 1 fully saturated rings. The lowest BCUT2D eigenvalue weighted by atomic mass is 10.1. The van der Waals surface area contributed by atoms with E-state index in [4.69, 9.17) is 0 Å². The van der Waals surface area contributed by atoms with Gasteiger partial charge in [-0.2, -0.15) is 0 Å². The summed E-state index contributed by atoms with van der Waals surface area (Å²) in [6, 6.07) is 2.64. The first kappa shape index (κ1) is 14.7. The molecular weight excluding hydrogens is 314 g/mol. The number of hydrogen-bond acceptors (Lipinski definition) is 2. The van der Waals surface area contributed by atoms with Crippen molar-refractivity contribution < 1.29 is 8.78 Å². The second-order valence-electron chi connectivity index (χ2n) is 5.02. The van der Waals surface area contributed by atoms with Gasteiger partial charge in [0.2, 0.25) is 0 Å². The molecule has 0 bridgehead atoms. The van der Waals surface area contributed by atoms with E-state index in [1.165, 1.54) is 12.1 Å². The summed E-state index contributed by atoms with van der Waals surface area (Å²) >= 11 is 3.10. The number of anilines is 1. The van der Waals surface area contributed by atoms with Crippen molar-refractivity contribution in [3.63, 3.8) is 0 Å². The van der Waals surface area contributed by atoms with Crippen molar-refractivity contribution in [3.05, 3.63) is 28.2 Å². The predicted octanol–water partition coefficient (Wildman–Crippen LogP) is 3.55. The Balaban J connectivity index is 2.01. The number of nitrogens with one attached hydrogen (secondary N) is 1. The molecule has 2 rings (SSSR count). The van der Waals surface area contributed by atoms with Crippen molar-refractivity contribution >= 4 is 21.6 Å². The highest BCUT2D eigenvalue weighted by Gasteiger charge is 2.26. The molecule has 1 aromatic carbocycles. The molecule has 0 aliphatic carbocycles. The molecule has 2 nitrogen and oxygen atoms in total. The van der Waals surface area contributed by atoms with Gasteiger partial charge in [-0.05, 0) is 44.0 Å². The summed E-state index contributed by atoms with van der Waals surface area (Å²) in [7, 11) is 0. The predicted molar refractivity (Wildman–Crippen MR) is 77.5 cm³/mol. The van der Waals surface area contributed by atoms with Gasteiger partial charge < -0.3 is 10.2 Å². The molecule has 0 radical (unpaired) electrons. The third-order valence-electron chi connectivity index (χ3n) is 3.44. The standard InChI is InChI=1S/C14H19BrF2N2/c1-2-4-18-8-10-3-5-19(9-10)14-12(16)6-11(15)7-13(14)17/h6-7,10,18H,2-5,8-9H2,1H3. The quantitative estimate of drug-likeness (QED) is 0.829. The molecule has 0 spiro atoms. The Bertz CT molecular complexity index is 416. The van der Waals surface area contributed by atoms with Gasteiger partial charge in [0.1, 0.15) is 5.69 Å². The number of nitrogens with zero attached hydrogens (tertiary/aromatic N) is 1. The van der Waals surface area contributed by atoms with Crippen LogP contribution < -0.4 is 10.2 Å². The van der Waals surface area contributed by atoms with Gasteiger partial charge in [0.15, 0.2) is 11.6 Å². The molecule has 1 heterocycles. The first-order chi connectivity index (χ1) is 9.11. The van der Waals surface area contributed by atoms with Gasteiger partial charge >= 0.3 is 0 Å². The van der Waals surface area contributed by atoms with E-state index in [0.29, 0.717) is 23.5 Å². The lowest BCUT2D eigenvalue weighted by Crippen LogP contribution is -2.27. The highest BCUT2D eigenvalue weighted by molar-refractivity contribution is 9.10. The zero-order valence-corrected chi connectivity index (χ0v) is 12.6. The number of hydrogen-bond donors (Lipinski definition) is 1. The molecule has 1 aromatic rings. The monoisotopic (exact) mass is 332 g/mol. The van der Waals surface area contributed by atoms with Gasteiger partial charge in [-0.1, -0.05) is 22.9 Å². The Morgan fingerprint density at radius 3 is 2.68 bits per heavy atom. The third-order valence-corrected chi connectivity index (χ3v) is 3.90. The molecule has 0 saturated carbocycles. The Hall–Kier alpha value is -0.680. The van der Waals surface area contributed by atoms with Gasteiger partial charge in [-0.15, -0.1) is 0 Å². The van der Waals surface area contributed by atoms with Crippen LogP contribution in [-0.2, 0) is 0 Å². The van der Waals surface area contributed by atoms with E-state index in [1.807, 2.05) is 4.90 Å². The highest BCUT2D eigenvalue weighted by atomic mass is 79.9. The summed E-state index contributed by atoms with van der Waals surface area (Å²) in [5.41, 5.74) is 0.112. The van der Waals surface area contributed by atoms with Crippen molar-refractivity contribution in [2.75, 3.05) is 31.1 Å². The average Bonchev–Trinajstić information content (AvgIpc) is 2.76. The molecule has 1 aliphatic rings. The van der Waals surface area contributed by atoms with E-state index < -0.39 is 11.6 Å². The fourth-order valence-corrected chi connectivity index (χ4v) is 2.92. The Labute approximate surface area is 121 Å². The molecule has 1 atom stereocenters. The topological polar surface area (TPSA) is 15.3 Å². The van der Waals surface area contributed by atoms with Gasteiger partial charge in [0, 0.05) is 17.6 Å². The van der Waals surface area contributed by atoms with Gasteiger partial charge in [-0.3, -0.25) is 0 Å². The summed E-state index contributed by atoms with van der Waals surface area (Å²) in [5, 5.41) is 3.37. The summed E-state index contributed by atoms with van der Waals surface area (Å²) < 4.78 is 28.2. The summed E-state index contributed by atoms with van der Waals surface area (Å²) in [6.45, 7) is 5.47. The van der Waals surface area contributed by atoms with E-state index in [1.54, 1.807) is 0 Å². The van der Waals surface area contributed by atoms with E-state index in [0.717, 1.165) is 25.9 Å². The average molecular weight is 333 g/mol. The van der Waals surface area contributed by atoms with Crippen molar-refractivity contribution in [1.29, 1.82) is 0 Å². The summed E-state index contributed by atoms with van der Waals surface area (Å²) in [4.78, 5) is 1.81. The minimum absolute atomic E-state index is 0.112. The van der Waals surface area contributed by atoms with Crippen LogP contribution in [0.5, 0.6) is 0 Å². The maximum Gasteiger partial charge on any atom is 0.150 e. The molecule has 1 saturated heterocycles. The number of rotatable bonds is 5. The lowest BCUT2D eigenvalue weighted by molar-refractivity contribution is 0.514. The van der Waals surface area contributed by atoms with Crippen LogP contribution in [0.15, 0.2) is 16.6 Å². The van der Waals surface area contributed by atoms with Crippen molar-refractivity contribution in [2.45, 2.75) is 19.8 Å². The molecular formula is C14H19BrF2N2. The van der Waals surface area contributed by atoms with Crippen LogP contribution in [0, 0.1) is 17.6 Å². The van der Waals surface area contributed by atoms with Gasteiger partial charge in [-0.25, -0.2) is 8.78 Å².